The number of rotatable bonds is 3. The molecular weight excluding hydrogens is 454 g/mol. The lowest BCUT2D eigenvalue weighted by atomic mass is 9.85. The van der Waals surface area contributed by atoms with E-state index in [1.54, 1.807) is 17.6 Å². The van der Waals surface area contributed by atoms with Crippen molar-refractivity contribution < 1.29 is 23.4 Å². The van der Waals surface area contributed by atoms with Crippen LogP contribution in [-0.4, -0.2) is 20.6 Å². The summed E-state index contributed by atoms with van der Waals surface area (Å²) in [6.07, 6.45) is 1.37. The van der Waals surface area contributed by atoms with Crippen molar-refractivity contribution in [1.29, 1.82) is 0 Å². The van der Waals surface area contributed by atoms with Gasteiger partial charge in [0.15, 0.2) is 11.6 Å². The lowest BCUT2D eigenvalue weighted by Crippen LogP contribution is -2.32. The smallest absolute Gasteiger partial charge is 0.309 e. The van der Waals surface area contributed by atoms with Gasteiger partial charge in [-0.1, -0.05) is 27.7 Å². The average molecular weight is 483 g/mol. The minimum atomic E-state index is -1.54. The molecule has 2 aliphatic heterocycles. The van der Waals surface area contributed by atoms with Crippen LogP contribution in [0, 0.1) is 17.0 Å². The maximum atomic E-state index is 14.3. The summed E-state index contributed by atoms with van der Waals surface area (Å²) in [6.45, 7) is 8.08. The fraction of sp³-hybridized carbons (Fsp3) is 0.444. The van der Waals surface area contributed by atoms with Gasteiger partial charge in [0, 0.05) is 17.0 Å². The molecule has 0 fully saturated rings. The summed E-state index contributed by atoms with van der Waals surface area (Å²) in [4.78, 5) is 30.4. The van der Waals surface area contributed by atoms with Gasteiger partial charge < -0.3 is 14.4 Å². The number of benzene rings is 1. The van der Waals surface area contributed by atoms with Crippen molar-refractivity contribution in [2.45, 2.75) is 72.1 Å². The molecule has 0 radical (unpaired) electrons. The van der Waals surface area contributed by atoms with E-state index in [-0.39, 0.29) is 42.5 Å². The zero-order valence-corrected chi connectivity index (χ0v) is 20.3. The topological polar surface area (TPSA) is 81.4 Å². The number of nitrogens with zero attached hydrogens (tertiary/aromatic N) is 2. The van der Waals surface area contributed by atoms with E-state index in [0.29, 0.717) is 34.3 Å². The maximum Gasteiger partial charge on any atom is 0.309 e. The Kier molecular flexibility index (Phi) is 5.36. The molecule has 3 aromatic rings. The number of hydrogen-bond acceptors (Lipinski definition) is 5. The van der Waals surface area contributed by atoms with Gasteiger partial charge in [-0.2, -0.15) is 0 Å². The molecule has 4 heterocycles. The second-order valence-electron chi connectivity index (χ2n) is 10.8. The van der Waals surface area contributed by atoms with E-state index in [2.05, 4.69) is 25.8 Å². The molecule has 8 heteroatoms. The number of aryl methyl sites for hydroxylation is 1. The van der Waals surface area contributed by atoms with Gasteiger partial charge in [0.1, 0.15) is 12.2 Å². The van der Waals surface area contributed by atoms with Crippen LogP contribution in [0.5, 0.6) is 0 Å². The Morgan fingerprint density at radius 3 is 2.54 bits per heavy atom. The number of esters is 1. The highest BCUT2D eigenvalue weighted by atomic mass is 19.2. The van der Waals surface area contributed by atoms with Gasteiger partial charge in [-0.3, -0.25) is 9.59 Å². The number of aromatic nitrogens is 2. The molecule has 5 rings (SSSR count). The van der Waals surface area contributed by atoms with Crippen LogP contribution in [0.2, 0.25) is 0 Å². The van der Waals surface area contributed by atoms with Gasteiger partial charge in [0.25, 0.3) is 5.56 Å². The molecule has 1 aromatic carbocycles. The third kappa shape index (κ3) is 3.84. The zero-order chi connectivity index (χ0) is 25.3. The van der Waals surface area contributed by atoms with Gasteiger partial charge in [-0.25, -0.2) is 13.8 Å². The minimum Gasteiger partial charge on any atom is -0.460 e. The number of halogens is 2. The van der Waals surface area contributed by atoms with Crippen LogP contribution >= 0.6 is 0 Å². The number of carbonyl (C=O) groups is 1. The summed E-state index contributed by atoms with van der Waals surface area (Å²) in [5.41, 5.74) is 1.66. The molecule has 6 nitrogen and oxygen atoms in total. The molecule has 0 unspecified atom stereocenters. The molecule has 1 N–H and O–H groups in total. The molecule has 0 bridgehead atoms. The van der Waals surface area contributed by atoms with Crippen molar-refractivity contribution in [2.75, 3.05) is 0 Å². The molecule has 0 amide bonds. The van der Waals surface area contributed by atoms with Crippen LogP contribution < -0.4 is 5.56 Å². The van der Waals surface area contributed by atoms with Gasteiger partial charge in [-0.05, 0) is 47.9 Å². The maximum absolute atomic E-state index is 14.3. The number of cyclic esters (lactones) is 1. The molecule has 1 atom stereocenters. The third-order valence-electron chi connectivity index (χ3n) is 7.23. The molecule has 35 heavy (non-hydrogen) atoms. The highest BCUT2D eigenvalue weighted by molar-refractivity contribution is 5.88. The number of fused-ring (bicyclic) bond motifs is 5. The van der Waals surface area contributed by atoms with Crippen LogP contribution in [0.15, 0.2) is 23.0 Å². The van der Waals surface area contributed by atoms with E-state index >= 15 is 0 Å². The van der Waals surface area contributed by atoms with Crippen LogP contribution in [-0.2, 0) is 34.7 Å². The Morgan fingerprint density at radius 1 is 1.14 bits per heavy atom. The first-order valence-corrected chi connectivity index (χ1v) is 11.9. The lowest BCUT2D eigenvalue weighted by Gasteiger charge is -2.26. The monoisotopic (exact) mass is 482 g/mol. The van der Waals surface area contributed by atoms with Crippen molar-refractivity contribution in [3.63, 3.8) is 0 Å². The number of carbonyl (C=O) groups excluding carboxylic acids is 1. The molecule has 0 spiro atoms. The Labute approximate surface area is 201 Å². The molecule has 0 saturated heterocycles. The first-order chi connectivity index (χ1) is 16.4. The molecular formula is C27H28F2N2O4. The number of hydrogen-bond donors (Lipinski definition) is 1. The number of aliphatic hydroxyl groups is 1. The lowest BCUT2D eigenvalue weighted by molar-refractivity contribution is -0.149. The van der Waals surface area contributed by atoms with Gasteiger partial charge in [0.2, 0.25) is 0 Å². The number of ether oxygens (including phenoxy) is 1. The highest BCUT2D eigenvalue weighted by Crippen LogP contribution is 2.41. The van der Waals surface area contributed by atoms with E-state index < -0.39 is 23.2 Å². The summed E-state index contributed by atoms with van der Waals surface area (Å²) < 4.78 is 35.2. The fourth-order valence-corrected chi connectivity index (χ4v) is 5.14. The van der Waals surface area contributed by atoms with Gasteiger partial charge >= 0.3 is 5.97 Å². The molecule has 2 aromatic heterocycles. The second kappa shape index (κ2) is 7.95. The molecule has 0 saturated carbocycles. The SMILES string of the molecule is CC[C@@]1(O)CC(=O)OCc2c1cc1n(c2=O)Cc2c-1nc1cc(F)c(F)cc1c2CCC(C)(C)C. The summed E-state index contributed by atoms with van der Waals surface area (Å²) in [6, 6.07) is 3.98. The molecule has 0 aliphatic carbocycles. The third-order valence-corrected chi connectivity index (χ3v) is 7.23. The zero-order valence-electron chi connectivity index (χ0n) is 20.3. The second-order valence-corrected chi connectivity index (χ2v) is 10.8. The van der Waals surface area contributed by atoms with E-state index in [0.717, 1.165) is 23.6 Å². The molecule has 184 valence electrons. The van der Waals surface area contributed by atoms with Crippen molar-refractivity contribution >= 4 is 16.9 Å². The van der Waals surface area contributed by atoms with Gasteiger partial charge in [-0.15, -0.1) is 0 Å². The van der Waals surface area contributed by atoms with Crippen LogP contribution in [0.4, 0.5) is 8.78 Å². The summed E-state index contributed by atoms with van der Waals surface area (Å²) in [7, 11) is 0. The Hall–Kier alpha value is -3.13. The quantitative estimate of drug-likeness (QED) is 0.427. The summed E-state index contributed by atoms with van der Waals surface area (Å²) >= 11 is 0. The fourth-order valence-electron chi connectivity index (χ4n) is 5.14. The van der Waals surface area contributed by atoms with Crippen molar-refractivity contribution in [3.8, 4) is 11.4 Å². The highest BCUT2D eigenvalue weighted by Gasteiger charge is 2.39. The average Bonchev–Trinajstić information content (AvgIpc) is 3.08. The first-order valence-electron chi connectivity index (χ1n) is 11.9. The minimum absolute atomic E-state index is 0.00216. The number of pyridine rings is 2. The van der Waals surface area contributed by atoms with E-state index in [1.165, 1.54) is 6.07 Å². The Balaban J connectivity index is 1.78. The van der Waals surface area contributed by atoms with Crippen molar-refractivity contribution in [3.05, 3.63) is 62.4 Å². The summed E-state index contributed by atoms with van der Waals surface area (Å²) in [5.74, 6) is -2.49. The van der Waals surface area contributed by atoms with Crippen LogP contribution in [0.3, 0.4) is 0 Å². The van der Waals surface area contributed by atoms with Crippen molar-refractivity contribution in [1.82, 2.24) is 9.55 Å². The predicted molar refractivity (Wildman–Crippen MR) is 127 cm³/mol. The Morgan fingerprint density at radius 2 is 1.86 bits per heavy atom. The summed E-state index contributed by atoms with van der Waals surface area (Å²) in [5, 5.41) is 11.8. The van der Waals surface area contributed by atoms with Crippen molar-refractivity contribution in [2.24, 2.45) is 5.41 Å². The van der Waals surface area contributed by atoms with E-state index in [4.69, 9.17) is 4.74 Å². The largest absolute Gasteiger partial charge is 0.460 e. The van der Waals surface area contributed by atoms with E-state index in [9.17, 15) is 23.5 Å². The van der Waals surface area contributed by atoms with Crippen LogP contribution in [0.25, 0.3) is 22.3 Å². The van der Waals surface area contributed by atoms with Crippen LogP contribution in [0.1, 0.15) is 69.2 Å². The first kappa shape index (κ1) is 23.6. The standard InChI is InChI=1S/C27H28F2N2O4/c1-5-27(34)11-23(32)35-13-17-18(27)9-22-24-16(12-31(22)25(17)33)14(6-7-26(2,3)4)15-8-19(28)20(29)10-21(15)30-24/h8-10,34H,5-7,11-13H2,1-4H3/t27-/m1/s1. The van der Waals surface area contributed by atoms with Gasteiger partial charge in [0.05, 0.1) is 35.4 Å². The Bertz CT molecular complexity index is 1450. The predicted octanol–water partition coefficient (Wildman–Crippen LogP) is 4.73. The normalized spacial score (nSPS) is 19.2. The van der Waals surface area contributed by atoms with E-state index in [1.807, 2.05) is 0 Å². The molecule has 2 aliphatic rings.